The third-order valence-corrected chi connectivity index (χ3v) is 4.17. The van der Waals surface area contributed by atoms with Gasteiger partial charge in [0.25, 0.3) is 0 Å². The second-order valence-electron chi connectivity index (χ2n) is 6.01. The van der Waals surface area contributed by atoms with Gasteiger partial charge in [-0.15, -0.1) is 24.0 Å². The van der Waals surface area contributed by atoms with E-state index in [9.17, 15) is 4.79 Å². The number of rotatable bonds is 8. The lowest BCUT2D eigenvalue weighted by Gasteiger charge is -2.36. The van der Waals surface area contributed by atoms with Crippen molar-refractivity contribution in [3.63, 3.8) is 0 Å². The number of ether oxygens (including phenoxy) is 1. The first kappa shape index (κ1) is 22.8. The molecule has 0 aliphatic carbocycles. The first-order valence-electron chi connectivity index (χ1n) is 9.09. The number of hydrogen-bond donors (Lipinski definition) is 1. The fraction of sp³-hybridized carbons (Fsp3) is 0.667. The summed E-state index contributed by atoms with van der Waals surface area (Å²) in [7, 11) is 0. The Morgan fingerprint density at radius 1 is 1.31 bits per heavy atom. The Labute approximate surface area is 173 Å². The van der Waals surface area contributed by atoms with Gasteiger partial charge in [-0.25, -0.2) is 0 Å². The van der Waals surface area contributed by atoms with E-state index in [1.54, 1.807) is 13.2 Å². The number of guanidine groups is 1. The van der Waals surface area contributed by atoms with Crippen LogP contribution in [0.2, 0.25) is 0 Å². The van der Waals surface area contributed by atoms with Crippen molar-refractivity contribution in [1.29, 1.82) is 0 Å². The Morgan fingerprint density at radius 2 is 2.04 bits per heavy atom. The van der Waals surface area contributed by atoms with Gasteiger partial charge in [-0.3, -0.25) is 9.79 Å². The summed E-state index contributed by atoms with van der Waals surface area (Å²) in [4.78, 5) is 20.3. The summed E-state index contributed by atoms with van der Waals surface area (Å²) in [6, 6.07) is 3.88. The number of halogens is 1. The van der Waals surface area contributed by atoms with Crippen LogP contribution in [-0.4, -0.2) is 74.1 Å². The minimum atomic E-state index is 0. The molecule has 148 valence electrons. The van der Waals surface area contributed by atoms with Gasteiger partial charge < -0.3 is 24.3 Å². The SMILES string of the molecule is CCOCCCN=C(NCCc1ccco1)N1CCN(C(C)=O)CC1.I. The molecule has 0 spiro atoms. The number of hydrogen-bond acceptors (Lipinski definition) is 4. The van der Waals surface area contributed by atoms with Crippen LogP contribution in [0.3, 0.4) is 0 Å². The standard InChI is InChI=1S/C18H30N4O3.HI/c1-3-24-14-5-8-19-18(20-9-7-17-6-4-15-25-17)22-12-10-21(11-13-22)16(2)23;/h4,6,15H,3,5,7-14H2,1-2H3,(H,19,20);1H. The van der Waals surface area contributed by atoms with Crippen molar-refractivity contribution in [1.82, 2.24) is 15.1 Å². The van der Waals surface area contributed by atoms with Gasteiger partial charge in [-0.1, -0.05) is 0 Å². The maximum Gasteiger partial charge on any atom is 0.219 e. The largest absolute Gasteiger partial charge is 0.469 e. The molecule has 0 bridgehead atoms. The van der Waals surface area contributed by atoms with Gasteiger partial charge in [0.15, 0.2) is 5.96 Å². The Kier molecular flexibility index (Phi) is 11.3. The van der Waals surface area contributed by atoms with E-state index >= 15 is 0 Å². The van der Waals surface area contributed by atoms with Crippen LogP contribution in [0.4, 0.5) is 0 Å². The molecule has 0 unspecified atom stereocenters. The van der Waals surface area contributed by atoms with Crippen LogP contribution >= 0.6 is 24.0 Å². The molecule has 1 amide bonds. The Balaban J connectivity index is 0.00000338. The number of carbonyl (C=O) groups is 1. The smallest absolute Gasteiger partial charge is 0.219 e. The summed E-state index contributed by atoms with van der Waals surface area (Å²) >= 11 is 0. The number of aliphatic imine (C=N–C) groups is 1. The quantitative estimate of drug-likeness (QED) is 0.268. The fourth-order valence-electron chi connectivity index (χ4n) is 2.75. The normalized spacial score (nSPS) is 14.9. The first-order chi connectivity index (χ1) is 12.2. The molecule has 1 aliphatic heterocycles. The zero-order valence-corrected chi connectivity index (χ0v) is 18.1. The van der Waals surface area contributed by atoms with Crippen LogP contribution < -0.4 is 5.32 Å². The predicted molar refractivity (Wildman–Crippen MR) is 113 cm³/mol. The minimum absolute atomic E-state index is 0. The van der Waals surface area contributed by atoms with Gasteiger partial charge in [0.1, 0.15) is 5.76 Å². The topological polar surface area (TPSA) is 70.3 Å². The lowest BCUT2D eigenvalue weighted by atomic mass is 10.3. The molecular formula is C18H31IN4O3. The highest BCUT2D eigenvalue weighted by molar-refractivity contribution is 14.0. The number of nitrogens with zero attached hydrogens (tertiary/aromatic N) is 3. The third kappa shape index (κ3) is 7.94. The molecule has 1 N–H and O–H groups in total. The van der Waals surface area contributed by atoms with Crippen LogP contribution in [0.15, 0.2) is 27.8 Å². The van der Waals surface area contributed by atoms with Crippen molar-refractivity contribution in [2.24, 2.45) is 4.99 Å². The fourth-order valence-corrected chi connectivity index (χ4v) is 2.75. The van der Waals surface area contributed by atoms with E-state index in [1.165, 1.54) is 0 Å². The molecule has 1 aromatic heterocycles. The van der Waals surface area contributed by atoms with E-state index < -0.39 is 0 Å². The van der Waals surface area contributed by atoms with Crippen LogP contribution in [0.5, 0.6) is 0 Å². The van der Waals surface area contributed by atoms with Crippen molar-refractivity contribution in [2.45, 2.75) is 26.7 Å². The molecule has 8 heteroatoms. The Hall–Kier alpha value is -1.29. The number of nitrogens with one attached hydrogen (secondary N) is 1. The number of piperazine rings is 1. The lowest BCUT2D eigenvalue weighted by Crippen LogP contribution is -2.53. The summed E-state index contributed by atoms with van der Waals surface area (Å²) in [5.74, 6) is 2.01. The minimum Gasteiger partial charge on any atom is -0.469 e. The van der Waals surface area contributed by atoms with Crippen LogP contribution in [0.25, 0.3) is 0 Å². The molecule has 2 rings (SSSR count). The molecule has 0 aromatic carbocycles. The highest BCUT2D eigenvalue weighted by Gasteiger charge is 2.20. The molecule has 1 aromatic rings. The molecule has 7 nitrogen and oxygen atoms in total. The molecule has 0 atom stereocenters. The maximum absolute atomic E-state index is 11.5. The van der Waals surface area contributed by atoms with Gasteiger partial charge in [0.05, 0.1) is 6.26 Å². The van der Waals surface area contributed by atoms with Crippen molar-refractivity contribution in [3.05, 3.63) is 24.2 Å². The molecule has 0 radical (unpaired) electrons. The second kappa shape index (κ2) is 13.0. The third-order valence-electron chi connectivity index (χ3n) is 4.17. The van der Waals surface area contributed by atoms with E-state index in [1.807, 2.05) is 24.0 Å². The Bertz CT molecular complexity index is 529. The van der Waals surface area contributed by atoms with Crippen molar-refractivity contribution < 1.29 is 13.9 Å². The average molecular weight is 478 g/mol. The van der Waals surface area contributed by atoms with Gasteiger partial charge >= 0.3 is 0 Å². The summed E-state index contributed by atoms with van der Waals surface area (Å²) in [6.45, 7) is 9.69. The monoisotopic (exact) mass is 478 g/mol. The molecule has 1 saturated heterocycles. The van der Waals surface area contributed by atoms with Crippen LogP contribution in [0, 0.1) is 0 Å². The first-order valence-corrected chi connectivity index (χ1v) is 9.09. The van der Waals surface area contributed by atoms with Crippen LogP contribution in [-0.2, 0) is 16.0 Å². The number of furan rings is 1. The summed E-state index contributed by atoms with van der Waals surface area (Å²) in [5.41, 5.74) is 0. The molecule has 0 saturated carbocycles. The molecule has 1 fully saturated rings. The zero-order valence-electron chi connectivity index (χ0n) is 15.8. The van der Waals surface area contributed by atoms with Gasteiger partial charge in [0, 0.05) is 65.8 Å². The van der Waals surface area contributed by atoms with Gasteiger partial charge in [-0.05, 0) is 25.5 Å². The zero-order chi connectivity index (χ0) is 17.9. The number of carbonyl (C=O) groups excluding carboxylic acids is 1. The highest BCUT2D eigenvalue weighted by atomic mass is 127. The van der Waals surface area contributed by atoms with Gasteiger partial charge in [0.2, 0.25) is 5.91 Å². The van der Waals surface area contributed by atoms with E-state index in [0.717, 1.165) is 77.0 Å². The van der Waals surface area contributed by atoms with Crippen LogP contribution in [0.1, 0.15) is 26.0 Å². The second-order valence-corrected chi connectivity index (χ2v) is 6.01. The molecule has 26 heavy (non-hydrogen) atoms. The average Bonchev–Trinajstić information content (AvgIpc) is 3.13. The van der Waals surface area contributed by atoms with Gasteiger partial charge in [-0.2, -0.15) is 0 Å². The summed E-state index contributed by atoms with van der Waals surface area (Å²) < 4.78 is 10.7. The predicted octanol–water partition coefficient (Wildman–Crippen LogP) is 1.98. The molecule has 1 aliphatic rings. The lowest BCUT2D eigenvalue weighted by molar-refractivity contribution is -0.130. The summed E-state index contributed by atoms with van der Waals surface area (Å²) in [5, 5.41) is 3.43. The Morgan fingerprint density at radius 3 is 2.65 bits per heavy atom. The maximum atomic E-state index is 11.5. The van der Waals surface area contributed by atoms with E-state index in [0.29, 0.717) is 0 Å². The van der Waals surface area contributed by atoms with Crippen molar-refractivity contribution >= 4 is 35.8 Å². The van der Waals surface area contributed by atoms with E-state index in [2.05, 4.69) is 10.2 Å². The van der Waals surface area contributed by atoms with Crippen molar-refractivity contribution in [3.8, 4) is 0 Å². The molecule has 2 heterocycles. The highest BCUT2D eigenvalue weighted by Crippen LogP contribution is 2.04. The molecular weight excluding hydrogens is 447 g/mol. The number of amides is 1. The van der Waals surface area contributed by atoms with E-state index in [4.69, 9.17) is 14.1 Å². The van der Waals surface area contributed by atoms with Crippen molar-refractivity contribution in [2.75, 3.05) is 52.5 Å². The summed E-state index contributed by atoms with van der Waals surface area (Å²) in [6.07, 6.45) is 3.42. The van der Waals surface area contributed by atoms with E-state index in [-0.39, 0.29) is 29.9 Å².